The molecule has 3 nitrogen and oxygen atoms in total. The zero-order valence-corrected chi connectivity index (χ0v) is 9.03. The monoisotopic (exact) mass is 215 g/mol. The maximum atomic E-state index is 4.55. The van der Waals surface area contributed by atoms with Gasteiger partial charge in [0.25, 0.3) is 0 Å². The lowest BCUT2D eigenvalue weighted by molar-refractivity contribution is 0.623. The molecule has 4 heteroatoms. The van der Waals surface area contributed by atoms with Gasteiger partial charge in [-0.25, -0.2) is 4.99 Å². The van der Waals surface area contributed by atoms with Crippen molar-refractivity contribution in [3.05, 3.63) is 41.8 Å². The summed E-state index contributed by atoms with van der Waals surface area (Å²) in [6.45, 7) is 0. The van der Waals surface area contributed by atoms with Crippen molar-refractivity contribution in [1.82, 2.24) is 9.88 Å². The van der Waals surface area contributed by atoms with Gasteiger partial charge in [0.15, 0.2) is 0 Å². The lowest BCUT2D eigenvalue weighted by atomic mass is 10.2. The number of allylic oxidation sites excluding steroid dienone is 2. The minimum Gasteiger partial charge on any atom is -0.356 e. The molecule has 74 valence electrons. The molecule has 3 rings (SSSR count). The van der Waals surface area contributed by atoms with E-state index in [1.54, 1.807) is 24.2 Å². The molecule has 2 aliphatic heterocycles. The van der Waals surface area contributed by atoms with Crippen LogP contribution in [-0.2, 0) is 0 Å². The van der Waals surface area contributed by atoms with Crippen molar-refractivity contribution in [2.24, 2.45) is 4.99 Å². The van der Waals surface area contributed by atoms with E-state index in [0.29, 0.717) is 0 Å². The SMILES string of the molecule is CN1C=CC2=Nc3cnccc3SC2=C1. The summed E-state index contributed by atoms with van der Waals surface area (Å²) in [5.41, 5.74) is 1.99. The number of pyridine rings is 1. The number of nitrogens with zero attached hydrogens (tertiary/aromatic N) is 3. The Bertz CT molecular complexity index is 502. The Labute approximate surface area is 92.2 Å². The third-order valence-corrected chi connectivity index (χ3v) is 3.36. The standard InChI is InChI=1S/C11H9N3S/c1-14-5-3-8-11(7-14)15-10-2-4-12-6-9(10)13-8/h2-7H,1H3. The zero-order chi connectivity index (χ0) is 10.3. The molecule has 0 aliphatic carbocycles. The Morgan fingerprint density at radius 3 is 3.27 bits per heavy atom. The van der Waals surface area contributed by atoms with Crippen LogP contribution in [0.1, 0.15) is 0 Å². The van der Waals surface area contributed by atoms with Gasteiger partial charge < -0.3 is 4.90 Å². The highest BCUT2D eigenvalue weighted by Gasteiger charge is 2.18. The first-order valence-corrected chi connectivity index (χ1v) is 5.47. The summed E-state index contributed by atoms with van der Waals surface area (Å²) >= 11 is 1.74. The smallest absolute Gasteiger partial charge is 0.0959 e. The van der Waals surface area contributed by atoms with Crippen LogP contribution in [0, 0.1) is 0 Å². The highest BCUT2D eigenvalue weighted by atomic mass is 32.2. The fourth-order valence-electron chi connectivity index (χ4n) is 1.53. The van der Waals surface area contributed by atoms with Crippen molar-refractivity contribution in [3.63, 3.8) is 0 Å². The first kappa shape index (κ1) is 8.73. The summed E-state index contributed by atoms with van der Waals surface area (Å²) in [7, 11) is 2.02. The number of fused-ring (bicyclic) bond motifs is 2. The Balaban J connectivity index is 2.13. The van der Waals surface area contributed by atoms with Crippen molar-refractivity contribution in [3.8, 4) is 0 Å². The molecule has 3 heterocycles. The van der Waals surface area contributed by atoms with Gasteiger partial charge in [0.2, 0.25) is 0 Å². The molecule has 0 aromatic carbocycles. The Kier molecular flexibility index (Phi) is 1.89. The van der Waals surface area contributed by atoms with E-state index in [1.807, 2.05) is 30.3 Å². The number of aliphatic imine (C=N–C) groups is 1. The molecule has 0 unspecified atom stereocenters. The van der Waals surface area contributed by atoms with Gasteiger partial charge in [0.05, 0.1) is 22.5 Å². The van der Waals surface area contributed by atoms with E-state index in [2.05, 4.69) is 16.2 Å². The van der Waals surface area contributed by atoms with Crippen molar-refractivity contribution in [2.45, 2.75) is 4.90 Å². The van der Waals surface area contributed by atoms with Crippen LogP contribution < -0.4 is 0 Å². The molecule has 0 N–H and O–H groups in total. The second-order valence-electron chi connectivity index (χ2n) is 3.42. The molecule has 0 saturated heterocycles. The molecule has 15 heavy (non-hydrogen) atoms. The van der Waals surface area contributed by atoms with Gasteiger partial charge in [-0.3, -0.25) is 4.98 Å². The third kappa shape index (κ3) is 1.47. The van der Waals surface area contributed by atoms with E-state index in [0.717, 1.165) is 11.4 Å². The van der Waals surface area contributed by atoms with Gasteiger partial charge in [-0.15, -0.1) is 0 Å². The van der Waals surface area contributed by atoms with E-state index in [4.69, 9.17) is 0 Å². The summed E-state index contributed by atoms with van der Waals surface area (Å²) in [5.74, 6) is 0. The first-order chi connectivity index (χ1) is 7.33. The molecule has 0 saturated carbocycles. The second-order valence-corrected chi connectivity index (χ2v) is 4.50. The highest BCUT2D eigenvalue weighted by Crippen LogP contribution is 2.40. The first-order valence-electron chi connectivity index (χ1n) is 4.66. The van der Waals surface area contributed by atoms with Crippen molar-refractivity contribution in [1.29, 1.82) is 0 Å². The summed E-state index contributed by atoms with van der Waals surface area (Å²) in [5, 5.41) is 0. The van der Waals surface area contributed by atoms with Crippen molar-refractivity contribution >= 4 is 23.2 Å². The Hall–Kier alpha value is -1.55. The largest absolute Gasteiger partial charge is 0.356 e. The normalized spacial score (nSPS) is 17.8. The lowest BCUT2D eigenvalue weighted by Gasteiger charge is -2.21. The van der Waals surface area contributed by atoms with Crippen molar-refractivity contribution in [2.75, 3.05) is 7.05 Å². The molecule has 0 fully saturated rings. The fraction of sp³-hybridized carbons (Fsp3) is 0.0909. The van der Waals surface area contributed by atoms with Crippen LogP contribution in [0.2, 0.25) is 0 Å². The van der Waals surface area contributed by atoms with E-state index in [9.17, 15) is 0 Å². The molecule has 1 aromatic heterocycles. The summed E-state index contributed by atoms with van der Waals surface area (Å²) < 4.78 is 0. The predicted octanol–water partition coefficient (Wildman–Crippen LogP) is 2.56. The number of aromatic nitrogens is 1. The van der Waals surface area contributed by atoms with E-state index in [-0.39, 0.29) is 0 Å². The van der Waals surface area contributed by atoms with Gasteiger partial charge in [-0.2, -0.15) is 0 Å². The Morgan fingerprint density at radius 2 is 2.33 bits per heavy atom. The van der Waals surface area contributed by atoms with Gasteiger partial charge >= 0.3 is 0 Å². The van der Waals surface area contributed by atoms with Crippen LogP contribution >= 0.6 is 11.8 Å². The number of thioether (sulfide) groups is 1. The second kappa shape index (κ2) is 3.24. The predicted molar refractivity (Wildman–Crippen MR) is 62.2 cm³/mol. The molecule has 0 radical (unpaired) electrons. The molecule has 0 atom stereocenters. The average molecular weight is 215 g/mol. The minimum atomic E-state index is 0.962. The summed E-state index contributed by atoms with van der Waals surface area (Å²) in [6, 6.07) is 2.00. The molecule has 1 aromatic rings. The molecule has 2 aliphatic rings. The number of hydrogen-bond donors (Lipinski definition) is 0. The van der Waals surface area contributed by atoms with Gasteiger partial charge in [-0.05, 0) is 12.1 Å². The van der Waals surface area contributed by atoms with Crippen LogP contribution in [0.15, 0.2) is 51.7 Å². The van der Waals surface area contributed by atoms with Gasteiger partial charge in [0.1, 0.15) is 0 Å². The number of hydrogen-bond acceptors (Lipinski definition) is 4. The van der Waals surface area contributed by atoms with Crippen LogP contribution in [0.5, 0.6) is 0 Å². The minimum absolute atomic E-state index is 0.962. The maximum Gasteiger partial charge on any atom is 0.0959 e. The topological polar surface area (TPSA) is 28.5 Å². The molecule has 0 spiro atoms. The quantitative estimate of drug-likeness (QED) is 0.666. The average Bonchev–Trinajstić information content (AvgIpc) is 2.26. The van der Waals surface area contributed by atoms with Crippen LogP contribution in [0.25, 0.3) is 0 Å². The zero-order valence-electron chi connectivity index (χ0n) is 8.21. The Morgan fingerprint density at radius 1 is 1.40 bits per heavy atom. The molecule has 0 amide bonds. The van der Waals surface area contributed by atoms with E-state index < -0.39 is 0 Å². The van der Waals surface area contributed by atoms with E-state index in [1.165, 1.54) is 9.80 Å². The van der Waals surface area contributed by atoms with Gasteiger partial charge in [0, 0.05) is 30.5 Å². The highest BCUT2D eigenvalue weighted by molar-refractivity contribution is 8.04. The van der Waals surface area contributed by atoms with Gasteiger partial charge in [-0.1, -0.05) is 11.8 Å². The third-order valence-electron chi connectivity index (χ3n) is 2.26. The van der Waals surface area contributed by atoms with Crippen LogP contribution in [-0.4, -0.2) is 22.6 Å². The van der Waals surface area contributed by atoms with Crippen LogP contribution in [0.3, 0.4) is 0 Å². The van der Waals surface area contributed by atoms with E-state index >= 15 is 0 Å². The fourth-order valence-corrected chi connectivity index (χ4v) is 2.53. The summed E-state index contributed by atoms with van der Waals surface area (Å²) in [6.07, 6.45) is 9.73. The van der Waals surface area contributed by atoms with Crippen molar-refractivity contribution < 1.29 is 0 Å². The molecule has 0 bridgehead atoms. The molecular weight excluding hydrogens is 206 g/mol. The maximum absolute atomic E-state index is 4.55. The lowest BCUT2D eigenvalue weighted by Crippen LogP contribution is -2.13. The van der Waals surface area contributed by atoms with Crippen LogP contribution in [0.4, 0.5) is 5.69 Å². The molecular formula is C11H9N3S. The number of rotatable bonds is 0. The summed E-state index contributed by atoms with van der Waals surface area (Å²) in [4.78, 5) is 13.0.